The minimum absolute atomic E-state index is 0.0803. The summed E-state index contributed by atoms with van der Waals surface area (Å²) in [5, 5.41) is 10.6. The molecule has 76 valence electrons. The summed E-state index contributed by atoms with van der Waals surface area (Å²) in [6.07, 6.45) is 1.87. The van der Waals surface area contributed by atoms with Crippen molar-refractivity contribution >= 4 is 23.1 Å². The van der Waals surface area contributed by atoms with Gasteiger partial charge in [0.15, 0.2) is 0 Å². The van der Waals surface area contributed by atoms with E-state index in [4.69, 9.17) is 11.5 Å². The maximum absolute atomic E-state index is 10.6. The zero-order valence-corrected chi connectivity index (χ0v) is 8.50. The van der Waals surface area contributed by atoms with Crippen LogP contribution in [0.4, 0.5) is 11.4 Å². The Balaban J connectivity index is 3.34. The van der Waals surface area contributed by atoms with Crippen molar-refractivity contribution < 1.29 is 4.92 Å². The molecule has 0 aromatic heterocycles. The number of nitrogens with zero attached hydrogens (tertiary/aromatic N) is 1. The normalized spacial score (nSPS) is 10.1. The SMILES string of the molecule is CSc1ccc([N+](=O)[O-])c(N)c1CN. The van der Waals surface area contributed by atoms with Crippen molar-refractivity contribution in [1.29, 1.82) is 0 Å². The molecule has 6 heteroatoms. The van der Waals surface area contributed by atoms with Crippen molar-refractivity contribution in [2.24, 2.45) is 5.73 Å². The molecule has 0 aliphatic heterocycles. The van der Waals surface area contributed by atoms with Crippen LogP contribution in [0.5, 0.6) is 0 Å². The van der Waals surface area contributed by atoms with Crippen molar-refractivity contribution in [3.63, 3.8) is 0 Å². The van der Waals surface area contributed by atoms with Crippen LogP contribution >= 0.6 is 11.8 Å². The fraction of sp³-hybridized carbons (Fsp3) is 0.250. The minimum atomic E-state index is -0.501. The van der Waals surface area contributed by atoms with Gasteiger partial charge in [0.05, 0.1) is 4.92 Å². The maximum atomic E-state index is 10.6. The van der Waals surface area contributed by atoms with Crippen LogP contribution in [0.2, 0.25) is 0 Å². The summed E-state index contributed by atoms with van der Waals surface area (Å²) in [6.45, 7) is 0.212. The van der Waals surface area contributed by atoms with Crippen molar-refractivity contribution in [3.8, 4) is 0 Å². The second-order valence-electron chi connectivity index (χ2n) is 2.64. The van der Waals surface area contributed by atoms with Gasteiger partial charge in [-0.15, -0.1) is 11.8 Å². The third kappa shape index (κ3) is 1.80. The Labute approximate surface area is 85.6 Å². The van der Waals surface area contributed by atoms with Gasteiger partial charge in [-0.2, -0.15) is 0 Å². The highest BCUT2D eigenvalue weighted by Crippen LogP contribution is 2.32. The van der Waals surface area contributed by atoms with Gasteiger partial charge in [0, 0.05) is 23.1 Å². The molecule has 0 saturated heterocycles. The predicted molar refractivity (Wildman–Crippen MR) is 57.2 cm³/mol. The number of hydrogen-bond donors (Lipinski definition) is 2. The second-order valence-corrected chi connectivity index (χ2v) is 3.49. The van der Waals surface area contributed by atoms with Gasteiger partial charge < -0.3 is 11.5 Å². The lowest BCUT2D eigenvalue weighted by molar-refractivity contribution is -0.384. The number of nitrogens with two attached hydrogens (primary N) is 2. The maximum Gasteiger partial charge on any atom is 0.292 e. The highest BCUT2D eigenvalue weighted by molar-refractivity contribution is 7.98. The number of rotatable bonds is 3. The molecule has 5 nitrogen and oxygen atoms in total. The van der Waals surface area contributed by atoms with Crippen LogP contribution in [0.1, 0.15) is 5.56 Å². The average Bonchev–Trinajstić information content (AvgIpc) is 2.16. The molecule has 0 fully saturated rings. The van der Waals surface area contributed by atoms with E-state index in [1.54, 1.807) is 6.07 Å². The van der Waals surface area contributed by atoms with Gasteiger partial charge in [0.2, 0.25) is 0 Å². The number of nitro benzene ring substituents is 1. The van der Waals surface area contributed by atoms with Gasteiger partial charge >= 0.3 is 0 Å². The molecule has 0 heterocycles. The quantitative estimate of drug-likeness (QED) is 0.342. The molecular formula is C8H11N3O2S. The van der Waals surface area contributed by atoms with E-state index < -0.39 is 4.92 Å². The minimum Gasteiger partial charge on any atom is -0.393 e. The average molecular weight is 213 g/mol. The van der Waals surface area contributed by atoms with Crippen LogP contribution < -0.4 is 11.5 Å². The van der Waals surface area contributed by atoms with Crippen molar-refractivity contribution in [1.82, 2.24) is 0 Å². The van der Waals surface area contributed by atoms with E-state index in [0.717, 1.165) is 4.90 Å². The molecule has 1 aromatic carbocycles. The number of benzene rings is 1. The van der Waals surface area contributed by atoms with Gasteiger partial charge in [-0.1, -0.05) is 0 Å². The van der Waals surface area contributed by atoms with Crippen molar-refractivity contribution in [2.45, 2.75) is 11.4 Å². The van der Waals surface area contributed by atoms with E-state index >= 15 is 0 Å². The van der Waals surface area contributed by atoms with Crippen LogP contribution in [-0.2, 0) is 6.54 Å². The molecule has 0 saturated carbocycles. The summed E-state index contributed by atoms with van der Waals surface area (Å²) in [7, 11) is 0. The van der Waals surface area contributed by atoms with Crippen LogP contribution in [0.15, 0.2) is 17.0 Å². The van der Waals surface area contributed by atoms with Gasteiger partial charge in [0.25, 0.3) is 5.69 Å². The monoisotopic (exact) mass is 213 g/mol. The Hall–Kier alpha value is -1.27. The third-order valence-electron chi connectivity index (χ3n) is 1.91. The predicted octanol–water partition coefficient (Wildman–Crippen LogP) is 1.36. The van der Waals surface area contributed by atoms with Gasteiger partial charge in [0.1, 0.15) is 5.69 Å². The van der Waals surface area contributed by atoms with Crippen LogP contribution in [-0.4, -0.2) is 11.2 Å². The van der Waals surface area contributed by atoms with Crippen molar-refractivity contribution in [2.75, 3.05) is 12.0 Å². The molecule has 0 spiro atoms. The third-order valence-corrected chi connectivity index (χ3v) is 2.73. The Morgan fingerprint density at radius 1 is 1.57 bits per heavy atom. The molecule has 0 unspecified atom stereocenters. The topological polar surface area (TPSA) is 95.2 Å². The summed E-state index contributed by atoms with van der Waals surface area (Å²) >= 11 is 1.47. The highest BCUT2D eigenvalue weighted by atomic mass is 32.2. The molecule has 0 amide bonds. The Kier molecular flexibility index (Phi) is 3.32. The first kappa shape index (κ1) is 10.8. The van der Waals surface area contributed by atoms with Crippen molar-refractivity contribution in [3.05, 3.63) is 27.8 Å². The van der Waals surface area contributed by atoms with Crippen LogP contribution in [0.3, 0.4) is 0 Å². The number of thioether (sulfide) groups is 1. The molecule has 0 aliphatic rings. The number of anilines is 1. The largest absolute Gasteiger partial charge is 0.393 e. The smallest absolute Gasteiger partial charge is 0.292 e. The first-order chi connectivity index (χ1) is 6.61. The lowest BCUT2D eigenvalue weighted by atomic mass is 10.1. The van der Waals surface area contributed by atoms with E-state index in [0.29, 0.717) is 5.56 Å². The summed E-state index contributed by atoms with van der Waals surface area (Å²) in [5.41, 5.74) is 11.9. The van der Waals surface area contributed by atoms with Crippen LogP contribution in [0.25, 0.3) is 0 Å². The van der Waals surface area contributed by atoms with E-state index in [1.165, 1.54) is 17.8 Å². The number of nitro groups is 1. The van der Waals surface area contributed by atoms with E-state index in [2.05, 4.69) is 0 Å². The summed E-state index contributed by atoms with van der Waals surface area (Å²) in [5.74, 6) is 0. The first-order valence-electron chi connectivity index (χ1n) is 3.91. The Morgan fingerprint density at radius 2 is 2.21 bits per heavy atom. The van der Waals surface area contributed by atoms with E-state index in [9.17, 15) is 10.1 Å². The van der Waals surface area contributed by atoms with Gasteiger partial charge in [-0.05, 0) is 12.3 Å². The lowest BCUT2D eigenvalue weighted by Gasteiger charge is -2.08. The fourth-order valence-corrected chi connectivity index (χ4v) is 1.84. The molecule has 0 atom stereocenters. The molecular weight excluding hydrogens is 202 g/mol. The molecule has 1 rings (SSSR count). The van der Waals surface area contributed by atoms with E-state index in [-0.39, 0.29) is 17.9 Å². The zero-order valence-electron chi connectivity index (χ0n) is 7.69. The molecule has 0 bridgehead atoms. The zero-order chi connectivity index (χ0) is 10.7. The molecule has 14 heavy (non-hydrogen) atoms. The highest BCUT2D eigenvalue weighted by Gasteiger charge is 2.16. The number of hydrogen-bond acceptors (Lipinski definition) is 5. The standard InChI is InChI=1S/C8H11N3O2S/c1-14-7-3-2-6(11(12)13)8(10)5(7)4-9/h2-3H,4,9-10H2,1H3. The van der Waals surface area contributed by atoms with E-state index in [1.807, 2.05) is 6.26 Å². The van der Waals surface area contributed by atoms with Gasteiger partial charge in [-0.3, -0.25) is 10.1 Å². The van der Waals surface area contributed by atoms with Gasteiger partial charge in [-0.25, -0.2) is 0 Å². The summed E-state index contributed by atoms with van der Waals surface area (Å²) in [6, 6.07) is 3.07. The Bertz CT molecular complexity index is 368. The molecule has 0 radical (unpaired) electrons. The first-order valence-corrected chi connectivity index (χ1v) is 5.14. The fourth-order valence-electron chi connectivity index (χ4n) is 1.19. The lowest BCUT2D eigenvalue weighted by Crippen LogP contribution is -2.06. The molecule has 4 N–H and O–H groups in total. The number of nitrogen functional groups attached to an aromatic ring is 1. The van der Waals surface area contributed by atoms with Crippen LogP contribution in [0, 0.1) is 10.1 Å². The molecule has 1 aromatic rings. The second kappa shape index (κ2) is 4.30. The molecule has 0 aliphatic carbocycles. The Morgan fingerprint density at radius 3 is 2.64 bits per heavy atom. The summed E-state index contributed by atoms with van der Waals surface area (Å²) < 4.78 is 0. The summed E-state index contributed by atoms with van der Waals surface area (Å²) in [4.78, 5) is 11.0.